The van der Waals surface area contributed by atoms with Crippen LogP contribution in [0.4, 0.5) is 10.1 Å². The maximum absolute atomic E-state index is 13.1. The molecule has 1 aromatic heterocycles. The molecular weight excluding hydrogens is 263 g/mol. The fourth-order valence-electron chi connectivity index (χ4n) is 1.86. The molecule has 104 valence electrons. The van der Waals surface area contributed by atoms with Gasteiger partial charge in [0.2, 0.25) is 5.82 Å². The molecule has 0 radical (unpaired) electrons. The summed E-state index contributed by atoms with van der Waals surface area (Å²) in [6.45, 7) is 0. The second-order valence-corrected chi connectivity index (χ2v) is 4.62. The number of ether oxygens (including phenoxy) is 1. The van der Waals surface area contributed by atoms with Gasteiger partial charge in [-0.1, -0.05) is 0 Å². The minimum atomic E-state index is -0.460. The lowest BCUT2D eigenvalue weighted by Crippen LogP contribution is -2.14. The third-order valence-electron chi connectivity index (χ3n) is 3.08. The summed E-state index contributed by atoms with van der Waals surface area (Å²) in [6, 6.07) is 3.87. The third kappa shape index (κ3) is 2.47. The lowest BCUT2D eigenvalue weighted by Gasteiger charge is -2.08. The van der Waals surface area contributed by atoms with Crippen LogP contribution in [0.1, 0.15) is 35.2 Å². The molecule has 1 saturated carbocycles. The van der Waals surface area contributed by atoms with Crippen LogP contribution in [0.3, 0.4) is 0 Å². The highest BCUT2D eigenvalue weighted by atomic mass is 19.1. The lowest BCUT2D eigenvalue weighted by molar-refractivity contribution is 0.101. The smallest absolute Gasteiger partial charge is 0.295 e. The molecule has 1 aliphatic carbocycles. The number of anilines is 1. The van der Waals surface area contributed by atoms with Gasteiger partial charge in [0.25, 0.3) is 5.91 Å². The van der Waals surface area contributed by atoms with Crippen LogP contribution in [0, 0.1) is 5.82 Å². The molecule has 2 aromatic rings. The van der Waals surface area contributed by atoms with Crippen molar-refractivity contribution in [3.8, 4) is 5.75 Å². The molecule has 3 rings (SSSR count). The van der Waals surface area contributed by atoms with E-state index in [-0.39, 0.29) is 11.6 Å². The summed E-state index contributed by atoms with van der Waals surface area (Å²) >= 11 is 0. The lowest BCUT2D eigenvalue weighted by atomic mass is 10.3. The van der Waals surface area contributed by atoms with E-state index in [4.69, 9.17) is 4.74 Å². The second-order valence-electron chi connectivity index (χ2n) is 4.62. The SMILES string of the molecule is COc1cc(F)ccc1NC(=O)c1n[nH]c(C2CC2)n1. The maximum atomic E-state index is 13.1. The molecule has 0 unspecified atom stereocenters. The van der Waals surface area contributed by atoms with Gasteiger partial charge in [0.15, 0.2) is 0 Å². The van der Waals surface area contributed by atoms with Crippen LogP contribution in [0.15, 0.2) is 18.2 Å². The molecule has 0 spiro atoms. The molecule has 1 fully saturated rings. The van der Waals surface area contributed by atoms with Crippen LogP contribution in [0.2, 0.25) is 0 Å². The van der Waals surface area contributed by atoms with Crippen LogP contribution in [0.25, 0.3) is 0 Å². The highest BCUT2D eigenvalue weighted by Gasteiger charge is 2.28. The van der Waals surface area contributed by atoms with Crippen LogP contribution in [-0.4, -0.2) is 28.2 Å². The van der Waals surface area contributed by atoms with Gasteiger partial charge in [-0.3, -0.25) is 9.89 Å². The van der Waals surface area contributed by atoms with Gasteiger partial charge in [-0.05, 0) is 25.0 Å². The number of hydrogen-bond donors (Lipinski definition) is 2. The number of carbonyl (C=O) groups excluding carboxylic acids is 1. The Hall–Kier alpha value is -2.44. The van der Waals surface area contributed by atoms with Crippen molar-refractivity contribution in [2.45, 2.75) is 18.8 Å². The minimum Gasteiger partial charge on any atom is -0.494 e. The Morgan fingerprint density at radius 3 is 3.00 bits per heavy atom. The number of aromatic amines is 1. The van der Waals surface area contributed by atoms with Crippen molar-refractivity contribution in [1.29, 1.82) is 0 Å². The summed E-state index contributed by atoms with van der Waals surface area (Å²) < 4.78 is 18.1. The van der Waals surface area contributed by atoms with E-state index in [1.165, 1.54) is 25.3 Å². The predicted molar refractivity (Wildman–Crippen MR) is 69.3 cm³/mol. The largest absolute Gasteiger partial charge is 0.494 e. The fraction of sp³-hybridized carbons (Fsp3) is 0.308. The predicted octanol–water partition coefficient (Wildman–Crippen LogP) is 2.08. The number of rotatable bonds is 4. The van der Waals surface area contributed by atoms with Gasteiger partial charge in [0.05, 0.1) is 12.8 Å². The molecule has 1 amide bonds. The topological polar surface area (TPSA) is 79.9 Å². The third-order valence-corrected chi connectivity index (χ3v) is 3.08. The van der Waals surface area contributed by atoms with Gasteiger partial charge in [-0.15, -0.1) is 5.10 Å². The monoisotopic (exact) mass is 276 g/mol. The Bertz CT molecular complexity index is 652. The van der Waals surface area contributed by atoms with E-state index in [2.05, 4.69) is 20.5 Å². The van der Waals surface area contributed by atoms with Crippen molar-refractivity contribution >= 4 is 11.6 Å². The van der Waals surface area contributed by atoms with Crippen molar-refractivity contribution in [2.24, 2.45) is 0 Å². The van der Waals surface area contributed by atoms with E-state index in [0.29, 0.717) is 11.6 Å². The van der Waals surface area contributed by atoms with Gasteiger partial charge in [0.1, 0.15) is 17.4 Å². The molecule has 1 aromatic carbocycles. The first-order chi connectivity index (χ1) is 9.67. The molecule has 0 atom stereocenters. The highest BCUT2D eigenvalue weighted by molar-refractivity contribution is 6.02. The number of halogens is 1. The molecule has 20 heavy (non-hydrogen) atoms. The van der Waals surface area contributed by atoms with E-state index in [1.54, 1.807) is 0 Å². The normalized spacial score (nSPS) is 14.1. The number of carbonyl (C=O) groups is 1. The summed E-state index contributed by atoms with van der Waals surface area (Å²) in [5, 5.41) is 9.24. The van der Waals surface area contributed by atoms with E-state index in [0.717, 1.165) is 18.7 Å². The Kier molecular flexibility index (Phi) is 3.09. The van der Waals surface area contributed by atoms with Gasteiger partial charge < -0.3 is 10.1 Å². The summed E-state index contributed by atoms with van der Waals surface area (Å²) in [6.07, 6.45) is 2.14. The van der Waals surface area contributed by atoms with Gasteiger partial charge >= 0.3 is 0 Å². The summed E-state index contributed by atoms with van der Waals surface area (Å²) in [5.41, 5.74) is 0.372. The van der Waals surface area contributed by atoms with E-state index in [9.17, 15) is 9.18 Å². The highest BCUT2D eigenvalue weighted by Crippen LogP contribution is 2.37. The van der Waals surface area contributed by atoms with Gasteiger partial charge in [-0.2, -0.15) is 0 Å². The average Bonchev–Trinajstić information content (AvgIpc) is 3.18. The first kappa shape index (κ1) is 12.6. The molecule has 1 heterocycles. The number of nitrogens with zero attached hydrogens (tertiary/aromatic N) is 2. The summed E-state index contributed by atoms with van der Waals surface area (Å²) in [4.78, 5) is 16.2. The Labute approximate surface area is 114 Å². The number of nitrogens with one attached hydrogen (secondary N) is 2. The van der Waals surface area contributed by atoms with E-state index < -0.39 is 11.7 Å². The summed E-state index contributed by atoms with van der Waals surface area (Å²) in [5.74, 6) is 0.548. The number of amides is 1. The Morgan fingerprint density at radius 1 is 1.50 bits per heavy atom. The number of aromatic nitrogens is 3. The van der Waals surface area contributed by atoms with Gasteiger partial charge in [-0.25, -0.2) is 9.37 Å². The minimum absolute atomic E-state index is 0.0679. The van der Waals surface area contributed by atoms with Crippen molar-refractivity contribution < 1.29 is 13.9 Å². The van der Waals surface area contributed by atoms with E-state index >= 15 is 0 Å². The number of hydrogen-bond acceptors (Lipinski definition) is 4. The van der Waals surface area contributed by atoms with Crippen LogP contribution >= 0.6 is 0 Å². The van der Waals surface area contributed by atoms with Crippen LogP contribution in [0.5, 0.6) is 5.75 Å². The second kappa shape index (κ2) is 4.92. The summed E-state index contributed by atoms with van der Waals surface area (Å²) in [7, 11) is 1.41. The zero-order valence-electron chi connectivity index (χ0n) is 10.8. The van der Waals surface area contributed by atoms with E-state index in [1.807, 2.05) is 0 Å². The Balaban J connectivity index is 1.77. The Morgan fingerprint density at radius 2 is 2.30 bits per heavy atom. The molecule has 0 aliphatic heterocycles. The van der Waals surface area contributed by atoms with Crippen molar-refractivity contribution in [3.63, 3.8) is 0 Å². The number of benzene rings is 1. The number of methoxy groups -OCH3 is 1. The molecule has 1 aliphatic rings. The first-order valence-electron chi connectivity index (χ1n) is 6.24. The first-order valence-corrected chi connectivity index (χ1v) is 6.24. The fourth-order valence-corrected chi connectivity index (χ4v) is 1.86. The van der Waals surface area contributed by atoms with Crippen LogP contribution in [-0.2, 0) is 0 Å². The number of H-pyrrole nitrogens is 1. The molecule has 7 heteroatoms. The molecule has 0 bridgehead atoms. The zero-order valence-corrected chi connectivity index (χ0v) is 10.8. The van der Waals surface area contributed by atoms with Crippen molar-refractivity contribution in [3.05, 3.63) is 35.7 Å². The van der Waals surface area contributed by atoms with Gasteiger partial charge in [0, 0.05) is 12.0 Å². The van der Waals surface area contributed by atoms with Crippen molar-refractivity contribution in [1.82, 2.24) is 15.2 Å². The zero-order chi connectivity index (χ0) is 14.1. The van der Waals surface area contributed by atoms with Crippen LogP contribution < -0.4 is 10.1 Å². The quantitative estimate of drug-likeness (QED) is 0.896. The van der Waals surface area contributed by atoms with Crippen molar-refractivity contribution in [2.75, 3.05) is 12.4 Å². The molecule has 6 nitrogen and oxygen atoms in total. The molecule has 0 saturated heterocycles. The average molecular weight is 276 g/mol. The standard InChI is InChI=1S/C13H13FN4O2/c1-20-10-6-8(14)4-5-9(10)15-13(19)12-16-11(17-18-12)7-2-3-7/h4-7H,2-3H2,1H3,(H,15,19)(H,16,17,18). The molecular formula is C13H13FN4O2. The molecule has 2 N–H and O–H groups in total. The maximum Gasteiger partial charge on any atom is 0.295 e.